The van der Waals surface area contributed by atoms with Crippen LogP contribution in [0.4, 0.5) is 8.78 Å². The van der Waals surface area contributed by atoms with E-state index in [-0.39, 0.29) is 24.2 Å². The Labute approximate surface area is 176 Å². The van der Waals surface area contributed by atoms with E-state index in [1.165, 1.54) is 6.07 Å². The third-order valence-corrected chi connectivity index (χ3v) is 5.25. The summed E-state index contributed by atoms with van der Waals surface area (Å²) in [5, 5.41) is 4.18. The molecule has 3 aromatic heterocycles. The van der Waals surface area contributed by atoms with Gasteiger partial charge in [-0.15, -0.1) is 0 Å². The zero-order chi connectivity index (χ0) is 21.4. The smallest absolute Gasteiger partial charge is 0.200 e. The van der Waals surface area contributed by atoms with Gasteiger partial charge in [0.2, 0.25) is 5.82 Å². The van der Waals surface area contributed by atoms with Crippen molar-refractivity contribution in [3.63, 3.8) is 0 Å². The second-order valence-electron chi connectivity index (χ2n) is 7.45. The van der Waals surface area contributed by atoms with Gasteiger partial charge in [-0.25, -0.2) is 24.3 Å². The van der Waals surface area contributed by atoms with Crippen LogP contribution in [0.25, 0.3) is 11.6 Å². The Morgan fingerprint density at radius 3 is 2.42 bits per heavy atom. The molecule has 1 aliphatic rings. The molecule has 0 saturated heterocycles. The van der Waals surface area contributed by atoms with Crippen LogP contribution >= 0.6 is 0 Å². The monoisotopic (exact) mass is 420 g/mol. The summed E-state index contributed by atoms with van der Waals surface area (Å²) in [5.74, 6) is -0.941. The first kappa shape index (κ1) is 19.2. The summed E-state index contributed by atoms with van der Waals surface area (Å²) in [6.45, 7) is 0.0611. The number of aryl methyl sites for hydroxylation is 1. The summed E-state index contributed by atoms with van der Waals surface area (Å²) >= 11 is 0. The highest BCUT2D eigenvalue weighted by atomic mass is 19.2. The SMILES string of the molecule is Cn1ccc(COc2cc([C@H]3C[C@H]3c3cnc(-c4ncccn4)nc3)cc(F)c2F)n1. The molecule has 0 radical (unpaired) electrons. The topological polar surface area (TPSA) is 78.6 Å². The highest BCUT2D eigenvalue weighted by Gasteiger charge is 2.41. The number of halogens is 2. The van der Waals surface area contributed by atoms with Crippen LogP contribution in [0, 0.1) is 11.6 Å². The molecular weight excluding hydrogens is 402 g/mol. The molecular formula is C22H18F2N6O. The van der Waals surface area contributed by atoms with E-state index >= 15 is 0 Å². The predicted molar refractivity (Wildman–Crippen MR) is 107 cm³/mol. The van der Waals surface area contributed by atoms with Crippen LogP contribution in [-0.2, 0) is 13.7 Å². The summed E-state index contributed by atoms with van der Waals surface area (Å²) in [7, 11) is 1.78. The van der Waals surface area contributed by atoms with E-state index < -0.39 is 11.6 Å². The van der Waals surface area contributed by atoms with Crippen LogP contribution < -0.4 is 4.74 Å². The molecule has 1 saturated carbocycles. The number of nitrogens with zero attached hydrogens (tertiary/aromatic N) is 6. The van der Waals surface area contributed by atoms with Gasteiger partial charge in [0.05, 0.1) is 5.69 Å². The second kappa shape index (κ2) is 7.82. The fourth-order valence-electron chi connectivity index (χ4n) is 3.59. The van der Waals surface area contributed by atoms with E-state index in [4.69, 9.17) is 4.74 Å². The first-order valence-electron chi connectivity index (χ1n) is 9.78. The zero-order valence-electron chi connectivity index (χ0n) is 16.6. The highest BCUT2D eigenvalue weighted by Crippen LogP contribution is 2.55. The fraction of sp³-hybridized carbons (Fsp3) is 0.227. The van der Waals surface area contributed by atoms with Gasteiger partial charge in [0.1, 0.15) is 6.61 Å². The van der Waals surface area contributed by atoms with Gasteiger partial charge in [-0.3, -0.25) is 4.68 Å². The number of rotatable bonds is 6. The van der Waals surface area contributed by atoms with Crippen molar-refractivity contribution in [1.82, 2.24) is 29.7 Å². The lowest BCUT2D eigenvalue weighted by Gasteiger charge is -2.09. The lowest BCUT2D eigenvalue weighted by atomic mass is 10.1. The maximum absolute atomic E-state index is 14.2. The summed E-state index contributed by atoms with van der Waals surface area (Å²) in [5.41, 5.74) is 2.26. The molecule has 0 unspecified atom stereocenters. The molecule has 2 atom stereocenters. The minimum Gasteiger partial charge on any atom is -0.484 e. The Hall–Kier alpha value is -3.75. The highest BCUT2D eigenvalue weighted by molar-refractivity contribution is 5.44. The van der Waals surface area contributed by atoms with Crippen molar-refractivity contribution >= 4 is 0 Å². The van der Waals surface area contributed by atoms with Gasteiger partial charge in [0.25, 0.3) is 0 Å². The molecule has 0 N–H and O–H groups in total. The van der Waals surface area contributed by atoms with Crippen LogP contribution in [0.15, 0.2) is 55.2 Å². The zero-order valence-corrected chi connectivity index (χ0v) is 16.6. The standard InChI is InChI=1S/C22H18F2N6O/c1-30-6-3-15(29-30)12-31-19-8-13(7-18(23)20(19)24)16-9-17(16)14-10-27-22(28-11-14)21-25-4-2-5-26-21/h2-8,10-11,16-17H,9,12H2,1H3/t16-,17+/m1/s1. The quantitative estimate of drug-likeness (QED) is 0.472. The summed E-state index contributed by atoms with van der Waals surface area (Å²) in [4.78, 5) is 17.0. The number of ether oxygens (including phenoxy) is 1. The Bertz CT molecular complexity index is 1210. The van der Waals surface area contributed by atoms with Gasteiger partial charge >= 0.3 is 0 Å². The van der Waals surface area contributed by atoms with E-state index in [1.54, 1.807) is 60.9 Å². The van der Waals surface area contributed by atoms with E-state index in [0.717, 1.165) is 12.0 Å². The molecule has 0 spiro atoms. The van der Waals surface area contributed by atoms with Crippen molar-refractivity contribution in [3.05, 3.63) is 83.7 Å². The minimum absolute atomic E-state index is 0.0507. The lowest BCUT2D eigenvalue weighted by molar-refractivity contribution is 0.279. The number of hydrogen-bond donors (Lipinski definition) is 0. The number of aromatic nitrogens is 6. The van der Waals surface area contributed by atoms with Gasteiger partial charge in [-0.05, 0) is 53.6 Å². The van der Waals surface area contributed by atoms with Gasteiger partial charge in [-0.2, -0.15) is 9.49 Å². The maximum atomic E-state index is 14.2. The van der Waals surface area contributed by atoms with Crippen LogP contribution in [-0.4, -0.2) is 29.7 Å². The second-order valence-corrected chi connectivity index (χ2v) is 7.45. The average molecular weight is 420 g/mol. The van der Waals surface area contributed by atoms with Crippen LogP contribution in [0.2, 0.25) is 0 Å². The van der Waals surface area contributed by atoms with Gasteiger partial charge in [0, 0.05) is 38.0 Å². The van der Waals surface area contributed by atoms with Crippen LogP contribution in [0.5, 0.6) is 5.75 Å². The minimum atomic E-state index is -0.993. The van der Waals surface area contributed by atoms with Crippen molar-refractivity contribution in [3.8, 4) is 17.4 Å². The Morgan fingerprint density at radius 2 is 1.71 bits per heavy atom. The summed E-state index contributed by atoms with van der Waals surface area (Å²) in [6.07, 6.45) is 9.30. The Balaban J connectivity index is 1.31. The van der Waals surface area contributed by atoms with Crippen molar-refractivity contribution in [2.24, 2.45) is 7.05 Å². The molecule has 0 bridgehead atoms. The van der Waals surface area contributed by atoms with Crippen molar-refractivity contribution in [1.29, 1.82) is 0 Å². The average Bonchev–Trinajstić information content (AvgIpc) is 3.49. The van der Waals surface area contributed by atoms with E-state index in [9.17, 15) is 8.78 Å². The largest absolute Gasteiger partial charge is 0.484 e. The summed E-state index contributed by atoms with van der Waals surface area (Å²) in [6, 6.07) is 6.29. The molecule has 7 nitrogen and oxygen atoms in total. The van der Waals surface area contributed by atoms with Crippen molar-refractivity contribution in [2.75, 3.05) is 0 Å². The van der Waals surface area contributed by atoms with E-state index in [0.29, 0.717) is 22.9 Å². The normalized spacial score (nSPS) is 17.5. The molecule has 1 aliphatic carbocycles. The molecule has 9 heteroatoms. The molecule has 3 heterocycles. The summed E-state index contributed by atoms with van der Waals surface area (Å²) < 4.78 is 35.6. The fourth-order valence-corrected chi connectivity index (χ4v) is 3.59. The van der Waals surface area contributed by atoms with Gasteiger partial charge in [0.15, 0.2) is 23.2 Å². The van der Waals surface area contributed by atoms with Crippen molar-refractivity contribution < 1.29 is 13.5 Å². The van der Waals surface area contributed by atoms with Gasteiger partial charge in [-0.1, -0.05) is 0 Å². The number of hydrogen-bond acceptors (Lipinski definition) is 6. The Kier molecular flexibility index (Phi) is 4.85. The number of benzene rings is 1. The molecule has 156 valence electrons. The maximum Gasteiger partial charge on any atom is 0.200 e. The molecule has 0 aliphatic heterocycles. The molecule has 0 amide bonds. The molecule has 1 fully saturated rings. The lowest BCUT2D eigenvalue weighted by Crippen LogP contribution is -2.02. The Morgan fingerprint density at radius 1 is 1.00 bits per heavy atom. The van der Waals surface area contributed by atoms with Gasteiger partial charge < -0.3 is 4.74 Å². The predicted octanol–water partition coefficient (Wildman–Crippen LogP) is 3.80. The van der Waals surface area contributed by atoms with Crippen LogP contribution in [0.3, 0.4) is 0 Å². The molecule has 5 rings (SSSR count). The van der Waals surface area contributed by atoms with Crippen molar-refractivity contribution in [2.45, 2.75) is 24.9 Å². The molecule has 1 aromatic carbocycles. The molecule has 31 heavy (non-hydrogen) atoms. The third kappa shape index (κ3) is 3.98. The molecule has 4 aromatic rings. The van der Waals surface area contributed by atoms with Crippen LogP contribution in [0.1, 0.15) is 35.1 Å². The first-order valence-corrected chi connectivity index (χ1v) is 9.78. The third-order valence-electron chi connectivity index (χ3n) is 5.25. The van der Waals surface area contributed by atoms with E-state index in [2.05, 4.69) is 25.0 Å². The van der Waals surface area contributed by atoms with E-state index in [1.807, 2.05) is 0 Å². The first-order chi connectivity index (χ1) is 15.1.